The third kappa shape index (κ3) is 3.16. The molecule has 1 aromatic carbocycles. The molecule has 1 atom stereocenters. The standard InChI is InChI=1S/C17H18FN3O2/c1-11-8-13(9-11)10-23-17(22)15-16(18)19-20-21(15)12(2)14-6-4-3-5-7-14/h3-7,12-13H,1,8-10H2,2H3/t12-/m1/s1. The van der Waals surface area contributed by atoms with Crippen molar-refractivity contribution in [2.45, 2.75) is 25.8 Å². The average Bonchev–Trinajstić information content (AvgIpc) is 2.92. The summed E-state index contributed by atoms with van der Waals surface area (Å²) < 4.78 is 20.4. The van der Waals surface area contributed by atoms with Crippen molar-refractivity contribution < 1.29 is 13.9 Å². The molecule has 0 bridgehead atoms. The van der Waals surface area contributed by atoms with E-state index in [0.29, 0.717) is 0 Å². The van der Waals surface area contributed by atoms with E-state index in [1.54, 1.807) is 0 Å². The van der Waals surface area contributed by atoms with Crippen LogP contribution in [-0.4, -0.2) is 27.6 Å². The van der Waals surface area contributed by atoms with E-state index in [1.807, 2.05) is 37.3 Å². The van der Waals surface area contributed by atoms with Crippen molar-refractivity contribution in [2.24, 2.45) is 5.92 Å². The smallest absolute Gasteiger partial charge is 0.361 e. The van der Waals surface area contributed by atoms with Crippen molar-refractivity contribution in [1.29, 1.82) is 0 Å². The van der Waals surface area contributed by atoms with Gasteiger partial charge < -0.3 is 4.74 Å². The summed E-state index contributed by atoms with van der Waals surface area (Å²) in [7, 11) is 0. The number of ether oxygens (including phenoxy) is 1. The molecule has 0 saturated heterocycles. The fourth-order valence-electron chi connectivity index (χ4n) is 2.73. The lowest BCUT2D eigenvalue weighted by atomic mass is 9.82. The molecule has 1 fully saturated rings. The van der Waals surface area contributed by atoms with Gasteiger partial charge in [0.05, 0.1) is 12.6 Å². The van der Waals surface area contributed by atoms with Gasteiger partial charge in [0.25, 0.3) is 5.95 Å². The van der Waals surface area contributed by atoms with E-state index in [-0.39, 0.29) is 24.3 Å². The summed E-state index contributed by atoms with van der Waals surface area (Å²) in [5.41, 5.74) is 1.82. The molecule has 1 aliphatic carbocycles. The molecule has 1 saturated carbocycles. The lowest BCUT2D eigenvalue weighted by Crippen LogP contribution is -2.24. The second kappa shape index (κ2) is 6.32. The van der Waals surface area contributed by atoms with Gasteiger partial charge in [-0.2, -0.15) is 4.39 Å². The van der Waals surface area contributed by atoms with Crippen LogP contribution in [0.5, 0.6) is 0 Å². The summed E-state index contributed by atoms with van der Waals surface area (Å²) in [4.78, 5) is 12.2. The van der Waals surface area contributed by atoms with Crippen molar-refractivity contribution in [3.05, 3.63) is 59.7 Å². The first-order valence-corrected chi connectivity index (χ1v) is 7.55. The summed E-state index contributed by atoms with van der Waals surface area (Å²) in [6.07, 6.45) is 1.71. The number of carbonyl (C=O) groups is 1. The second-order valence-electron chi connectivity index (χ2n) is 5.88. The van der Waals surface area contributed by atoms with Crippen molar-refractivity contribution in [1.82, 2.24) is 15.0 Å². The highest BCUT2D eigenvalue weighted by molar-refractivity contribution is 5.87. The van der Waals surface area contributed by atoms with Crippen LogP contribution in [0, 0.1) is 11.9 Å². The Labute approximate surface area is 133 Å². The number of hydrogen-bond donors (Lipinski definition) is 0. The maximum absolute atomic E-state index is 13.9. The molecule has 1 aromatic heterocycles. The van der Waals surface area contributed by atoms with Gasteiger partial charge in [0, 0.05) is 5.92 Å². The molecule has 1 aliphatic rings. The minimum absolute atomic E-state index is 0.237. The largest absolute Gasteiger partial charge is 0.461 e. The molecule has 1 heterocycles. The summed E-state index contributed by atoms with van der Waals surface area (Å²) in [6.45, 7) is 5.94. The fraction of sp³-hybridized carbons (Fsp3) is 0.353. The monoisotopic (exact) mass is 315 g/mol. The Bertz CT molecular complexity index is 719. The second-order valence-corrected chi connectivity index (χ2v) is 5.88. The first kappa shape index (κ1) is 15.4. The van der Waals surface area contributed by atoms with Gasteiger partial charge in [-0.05, 0) is 25.3 Å². The summed E-state index contributed by atoms with van der Waals surface area (Å²) in [6, 6.07) is 9.10. The molecule has 0 aliphatic heterocycles. The fourth-order valence-corrected chi connectivity index (χ4v) is 2.73. The summed E-state index contributed by atoms with van der Waals surface area (Å²) >= 11 is 0. The number of benzene rings is 1. The molecule has 0 N–H and O–H groups in total. The van der Waals surface area contributed by atoms with E-state index in [4.69, 9.17) is 4.74 Å². The van der Waals surface area contributed by atoms with E-state index < -0.39 is 11.9 Å². The molecule has 0 unspecified atom stereocenters. The first-order valence-electron chi connectivity index (χ1n) is 7.55. The number of nitrogens with zero attached hydrogens (tertiary/aromatic N) is 3. The number of rotatable bonds is 5. The number of aromatic nitrogens is 3. The molecule has 0 spiro atoms. The van der Waals surface area contributed by atoms with Gasteiger partial charge in [-0.3, -0.25) is 0 Å². The van der Waals surface area contributed by atoms with E-state index in [2.05, 4.69) is 16.9 Å². The van der Waals surface area contributed by atoms with E-state index in [9.17, 15) is 9.18 Å². The normalized spacial score (nSPS) is 16.0. The zero-order valence-corrected chi connectivity index (χ0v) is 12.9. The van der Waals surface area contributed by atoms with E-state index in [0.717, 1.165) is 24.0 Å². The zero-order chi connectivity index (χ0) is 16.4. The number of halogens is 1. The number of allylic oxidation sites excluding steroid dienone is 1. The van der Waals surface area contributed by atoms with Gasteiger partial charge in [-0.15, -0.1) is 0 Å². The van der Waals surface area contributed by atoms with Crippen molar-refractivity contribution in [3.63, 3.8) is 0 Å². The van der Waals surface area contributed by atoms with Gasteiger partial charge in [0.2, 0.25) is 5.69 Å². The van der Waals surface area contributed by atoms with Gasteiger partial charge >= 0.3 is 5.97 Å². The minimum atomic E-state index is -0.907. The molecule has 120 valence electrons. The molecular weight excluding hydrogens is 297 g/mol. The minimum Gasteiger partial charge on any atom is -0.461 e. The van der Waals surface area contributed by atoms with Crippen LogP contribution in [-0.2, 0) is 4.74 Å². The van der Waals surface area contributed by atoms with Crippen molar-refractivity contribution in [2.75, 3.05) is 6.61 Å². The molecular formula is C17H18FN3O2. The quantitative estimate of drug-likeness (QED) is 0.628. The molecule has 3 rings (SSSR count). The Hall–Kier alpha value is -2.50. The molecule has 23 heavy (non-hydrogen) atoms. The Morgan fingerprint density at radius 2 is 2.13 bits per heavy atom. The highest BCUT2D eigenvalue weighted by Crippen LogP contribution is 2.31. The van der Waals surface area contributed by atoms with Crippen LogP contribution >= 0.6 is 0 Å². The molecule has 5 nitrogen and oxygen atoms in total. The Balaban J connectivity index is 1.75. The van der Waals surface area contributed by atoms with Crippen LogP contribution in [0.2, 0.25) is 0 Å². The molecule has 0 amide bonds. The van der Waals surface area contributed by atoms with Crippen LogP contribution < -0.4 is 0 Å². The zero-order valence-electron chi connectivity index (χ0n) is 12.9. The molecule has 6 heteroatoms. The third-order valence-electron chi connectivity index (χ3n) is 4.10. The predicted molar refractivity (Wildman–Crippen MR) is 82.4 cm³/mol. The number of hydrogen-bond acceptors (Lipinski definition) is 4. The van der Waals surface area contributed by atoms with Crippen LogP contribution in [0.25, 0.3) is 0 Å². The number of esters is 1. The average molecular weight is 315 g/mol. The number of carbonyl (C=O) groups excluding carboxylic acids is 1. The molecule has 0 radical (unpaired) electrons. The SMILES string of the molecule is C=C1CC(COC(=O)c2c(F)nnn2[C@H](C)c2ccccc2)C1. The van der Waals surface area contributed by atoms with Crippen LogP contribution in [0.1, 0.15) is 41.9 Å². The maximum Gasteiger partial charge on any atom is 0.361 e. The van der Waals surface area contributed by atoms with Gasteiger partial charge in [0.15, 0.2) is 0 Å². The maximum atomic E-state index is 13.9. The molecule has 2 aromatic rings. The Morgan fingerprint density at radius 1 is 1.43 bits per heavy atom. The highest BCUT2D eigenvalue weighted by atomic mass is 19.1. The Morgan fingerprint density at radius 3 is 2.78 bits per heavy atom. The predicted octanol–water partition coefficient (Wildman–Crippen LogP) is 3.15. The van der Waals surface area contributed by atoms with E-state index in [1.165, 1.54) is 4.68 Å². The Kier molecular flexibility index (Phi) is 4.23. The van der Waals surface area contributed by atoms with Crippen molar-refractivity contribution in [3.8, 4) is 0 Å². The third-order valence-corrected chi connectivity index (χ3v) is 4.10. The van der Waals surface area contributed by atoms with Crippen molar-refractivity contribution >= 4 is 5.97 Å². The lowest BCUT2D eigenvalue weighted by Gasteiger charge is -2.27. The first-order chi connectivity index (χ1) is 11.1. The summed E-state index contributed by atoms with van der Waals surface area (Å²) in [5, 5.41) is 7.15. The lowest BCUT2D eigenvalue weighted by molar-refractivity contribution is 0.0389. The van der Waals surface area contributed by atoms with Gasteiger partial charge in [-0.1, -0.05) is 52.8 Å². The van der Waals surface area contributed by atoms with Crippen LogP contribution in [0.3, 0.4) is 0 Å². The summed E-state index contributed by atoms with van der Waals surface area (Å²) in [5.74, 6) is -1.35. The highest BCUT2D eigenvalue weighted by Gasteiger charge is 2.28. The van der Waals surface area contributed by atoms with E-state index >= 15 is 0 Å². The van der Waals surface area contributed by atoms with Crippen LogP contribution in [0.4, 0.5) is 4.39 Å². The van der Waals surface area contributed by atoms with Gasteiger partial charge in [0.1, 0.15) is 0 Å². The van der Waals surface area contributed by atoms with Crippen LogP contribution in [0.15, 0.2) is 42.5 Å². The topological polar surface area (TPSA) is 57.0 Å². The van der Waals surface area contributed by atoms with Gasteiger partial charge in [-0.25, -0.2) is 9.48 Å².